The van der Waals surface area contributed by atoms with E-state index in [0.717, 1.165) is 35.2 Å². The van der Waals surface area contributed by atoms with E-state index in [1.54, 1.807) is 0 Å². The maximum atomic E-state index is 6.16. The van der Waals surface area contributed by atoms with Crippen LogP contribution >= 0.6 is 22.6 Å². The summed E-state index contributed by atoms with van der Waals surface area (Å²) in [4.78, 5) is 0. The molecule has 2 heterocycles. The summed E-state index contributed by atoms with van der Waals surface area (Å²) in [6, 6.07) is 10.9. The second kappa shape index (κ2) is 6.46. The Morgan fingerprint density at radius 1 is 1.22 bits per heavy atom. The van der Waals surface area contributed by atoms with Gasteiger partial charge >= 0.3 is 0 Å². The van der Waals surface area contributed by atoms with Crippen LogP contribution in [0.2, 0.25) is 0 Å². The van der Waals surface area contributed by atoms with E-state index in [1.807, 2.05) is 10.7 Å². The molecule has 1 aliphatic heterocycles. The Balaban J connectivity index is 1.52. The fraction of sp³-hybridized carbons (Fsp3) is 0.500. The molecule has 23 heavy (non-hydrogen) atoms. The zero-order chi connectivity index (χ0) is 15.8. The number of hydrogen-bond donors (Lipinski definition) is 3. The minimum absolute atomic E-state index is 0.0415. The molecule has 0 radical (unpaired) electrons. The molecule has 2 aliphatic rings. The highest BCUT2D eigenvalue weighted by Crippen LogP contribution is 2.39. The molecular weight excluding hydrogens is 403 g/mol. The lowest BCUT2D eigenvalue weighted by Gasteiger charge is -2.31. The van der Waals surface area contributed by atoms with Gasteiger partial charge in [0.1, 0.15) is 3.70 Å². The van der Waals surface area contributed by atoms with Crippen LogP contribution in [-0.4, -0.2) is 27.2 Å². The van der Waals surface area contributed by atoms with Gasteiger partial charge in [0, 0.05) is 17.9 Å². The summed E-state index contributed by atoms with van der Waals surface area (Å²) < 4.78 is 3.16. The van der Waals surface area contributed by atoms with E-state index in [4.69, 9.17) is 5.73 Å². The molecule has 7 heteroatoms. The predicted octanol–water partition coefficient (Wildman–Crippen LogP) is 1.58. The number of nitrogens with zero attached hydrogens (tertiary/aromatic N) is 3. The van der Waals surface area contributed by atoms with E-state index in [0.29, 0.717) is 17.9 Å². The fourth-order valence-corrected chi connectivity index (χ4v) is 4.58. The van der Waals surface area contributed by atoms with Gasteiger partial charge in [-0.3, -0.25) is 5.43 Å². The van der Waals surface area contributed by atoms with Crippen molar-refractivity contribution in [1.82, 2.24) is 25.8 Å². The summed E-state index contributed by atoms with van der Waals surface area (Å²) in [5.41, 5.74) is 15.0. The second-order valence-corrected chi connectivity index (χ2v) is 7.53. The Morgan fingerprint density at radius 2 is 2.04 bits per heavy atom. The van der Waals surface area contributed by atoms with Crippen LogP contribution in [0.5, 0.6) is 0 Å². The van der Waals surface area contributed by atoms with Crippen molar-refractivity contribution in [3.05, 3.63) is 45.3 Å². The molecule has 6 nitrogen and oxygen atoms in total. The number of aromatic nitrogens is 3. The molecule has 1 saturated carbocycles. The van der Waals surface area contributed by atoms with Gasteiger partial charge in [-0.25, -0.2) is 10.1 Å². The van der Waals surface area contributed by atoms with E-state index < -0.39 is 0 Å². The molecule has 1 aromatic carbocycles. The molecule has 1 saturated heterocycles. The van der Waals surface area contributed by atoms with Crippen molar-refractivity contribution in [2.75, 3.05) is 0 Å². The Morgan fingerprint density at radius 3 is 2.87 bits per heavy atom. The molecule has 4 N–H and O–H groups in total. The molecule has 1 aliphatic carbocycles. The number of hydrazine groups is 1. The molecule has 4 rings (SSSR count). The largest absolute Gasteiger partial charge is 0.315 e. The molecule has 0 amide bonds. The summed E-state index contributed by atoms with van der Waals surface area (Å²) in [5.74, 6) is 0.934. The Bertz CT molecular complexity index is 672. The summed E-state index contributed by atoms with van der Waals surface area (Å²) in [7, 11) is 0. The molecule has 2 fully saturated rings. The quantitative estimate of drug-likeness (QED) is 0.652. The van der Waals surface area contributed by atoms with Crippen molar-refractivity contribution in [3.8, 4) is 0 Å². The van der Waals surface area contributed by atoms with E-state index in [9.17, 15) is 0 Å². The van der Waals surface area contributed by atoms with Crippen LogP contribution in [0.4, 0.5) is 0 Å². The summed E-state index contributed by atoms with van der Waals surface area (Å²) >= 11 is 2.39. The molecule has 4 atom stereocenters. The van der Waals surface area contributed by atoms with Crippen molar-refractivity contribution in [2.24, 2.45) is 11.7 Å². The lowest BCUT2D eigenvalue weighted by molar-refractivity contribution is 0.275. The monoisotopic (exact) mass is 424 g/mol. The Labute approximate surface area is 149 Å². The van der Waals surface area contributed by atoms with Gasteiger partial charge in [0.2, 0.25) is 0 Å². The van der Waals surface area contributed by atoms with Crippen molar-refractivity contribution < 1.29 is 0 Å². The normalized spacial score (nSPS) is 30.3. The van der Waals surface area contributed by atoms with Crippen molar-refractivity contribution >= 4 is 22.6 Å². The Hall–Kier alpha value is -1.03. The average molecular weight is 424 g/mol. The third-order valence-electron chi connectivity index (χ3n) is 5.06. The maximum Gasteiger partial charge on any atom is 0.123 e. The number of nitrogens with one attached hydrogen (secondary N) is 2. The summed E-state index contributed by atoms with van der Waals surface area (Å²) in [6.45, 7) is 0.771. The first-order valence-corrected chi connectivity index (χ1v) is 9.19. The third-order valence-corrected chi connectivity index (χ3v) is 6.17. The van der Waals surface area contributed by atoms with Gasteiger partial charge in [0.05, 0.1) is 18.4 Å². The van der Waals surface area contributed by atoms with E-state index >= 15 is 0 Å². The molecule has 122 valence electrons. The average Bonchev–Trinajstić information content (AvgIpc) is 3.12. The number of fused-ring (bicyclic) bond motifs is 1. The first kappa shape index (κ1) is 15.5. The van der Waals surface area contributed by atoms with Gasteiger partial charge in [-0.05, 0) is 47.4 Å². The van der Waals surface area contributed by atoms with Gasteiger partial charge in [-0.2, -0.15) is 0 Å². The van der Waals surface area contributed by atoms with Gasteiger partial charge < -0.3 is 5.73 Å². The molecule has 4 unspecified atom stereocenters. The smallest absolute Gasteiger partial charge is 0.123 e. The van der Waals surface area contributed by atoms with E-state index in [1.165, 1.54) is 5.56 Å². The molecule has 0 bridgehead atoms. The van der Waals surface area contributed by atoms with Crippen LogP contribution in [0.1, 0.15) is 36.4 Å². The topological polar surface area (TPSA) is 80.8 Å². The summed E-state index contributed by atoms with van der Waals surface area (Å²) in [6.07, 6.45) is 3.39. The minimum Gasteiger partial charge on any atom is -0.315 e. The van der Waals surface area contributed by atoms with Crippen molar-refractivity contribution in [2.45, 2.75) is 43.9 Å². The van der Waals surface area contributed by atoms with Crippen LogP contribution in [0.3, 0.4) is 0 Å². The van der Waals surface area contributed by atoms with Crippen LogP contribution in [0, 0.1) is 9.62 Å². The third kappa shape index (κ3) is 3.02. The van der Waals surface area contributed by atoms with E-state index in [-0.39, 0.29) is 6.17 Å². The van der Waals surface area contributed by atoms with Gasteiger partial charge in [0.15, 0.2) is 0 Å². The maximum absolute atomic E-state index is 6.16. The molecular formula is C16H21IN6. The zero-order valence-corrected chi connectivity index (χ0v) is 15.0. The predicted molar refractivity (Wildman–Crippen MR) is 96.4 cm³/mol. The molecule has 1 aromatic heterocycles. The fourth-order valence-electron chi connectivity index (χ4n) is 3.76. The summed E-state index contributed by atoms with van der Waals surface area (Å²) in [5, 5.41) is 8.89. The van der Waals surface area contributed by atoms with Crippen molar-refractivity contribution in [1.29, 1.82) is 0 Å². The number of halogens is 1. The highest BCUT2D eigenvalue weighted by molar-refractivity contribution is 14.1. The van der Waals surface area contributed by atoms with Gasteiger partial charge in [-0.1, -0.05) is 35.5 Å². The van der Waals surface area contributed by atoms with Crippen LogP contribution < -0.4 is 16.6 Å². The Kier molecular flexibility index (Phi) is 4.35. The number of rotatable bonds is 3. The SMILES string of the molecule is NC1NNC2CCC(c3nnn(Cc4ccccc4)c3I)CC12. The number of hydrogen-bond acceptors (Lipinski definition) is 5. The van der Waals surface area contributed by atoms with Crippen molar-refractivity contribution in [3.63, 3.8) is 0 Å². The van der Waals surface area contributed by atoms with Crippen LogP contribution in [0.15, 0.2) is 30.3 Å². The molecule has 0 spiro atoms. The zero-order valence-electron chi connectivity index (χ0n) is 12.8. The standard InChI is InChI=1S/C16H21IN6/c17-15-14(11-6-7-13-12(8-11)16(18)21-19-13)20-22-23(15)9-10-4-2-1-3-5-10/h1-5,11-13,16,19,21H,6-9,18H2. The lowest BCUT2D eigenvalue weighted by Crippen LogP contribution is -2.39. The second-order valence-electron chi connectivity index (χ2n) is 6.50. The van der Waals surface area contributed by atoms with Gasteiger partial charge in [-0.15, -0.1) is 5.10 Å². The highest BCUT2D eigenvalue weighted by atomic mass is 127. The van der Waals surface area contributed by atoms with Crippen LogP contribution in [-0.2, 0) is 6.54 Å². The first-order chi connectivity index (χ1) is 11.2. The van der Waals surface area contributed by atoms with Crippen LogP contribution in [0.25, 0.3) is 0 Å². The van der Waals surface area contributed by atoms with Gasteiger partial charge in [0.25, 0.3) is 0 Å². The lowest BCUT2D eigenvalue weighted by atomic mass is 9.77. The first-order valence-electron chi connectivity index (χ1n) is 8.12. The number of benzene rings is 1. The molecule has 2 aromatic rings. The number of nitrogens with two attached hydrogens (primary N) is 1. The minimum atomic E-state index is 0.0415. The van der Waals surface area contributed by atoms with E-state index in [2.05, 4.69) is 68.0 Å². The highest BCUT2D eigenvalue weighted by Gasteiger charge is 2.40.